The van der Waals surface area contributed by atoms with Gasteiger partial charge in [-0.2, -0.15) is 0 Å². The minimum atomic E-state index is -0.105. The summed E-state index contributed by atoms with van der Waals surface area (Å²) in [7, 11) is 0. The summed E-state index contributed by atoms with van der Waals surface area (Å²) in [5.74, 6) is 0.350. The maximum absolute atomic E-state index is 12.5. The van der Waals surface area contributed by atoms with Crippen LogP contribution in [0.4, 0.5) is 5.69 Å². The number of allylic oxidation sites excluding steroid dienone is 2. The normalized spacial score (nSPS) is 32.9. The summed E-state index contributed by atoms with van der Waals surface area (Å²) in [5.41, 5.74) is 2.09. The zero-order chi connectivity index (χ0) is 14.6. The molecule has 0 radical (unpaired) electrons. The van der Waals surface area contributed by atoms with Crippen molar-refractivity contribution in [3.8, 4) is 0 Å². The standard InChI is InChI=1S/C17H18N2O2/c1-10-3-2-4-13(7-10)18-9-19-16(20)14-11-5-6-12(8-11)15(14)17(19)21/h2-7,11-12,14-15,18H,8-9H2,1H3/t11-,12-,14+,15+/m1/s1. The monoisotopic (exact) mass is 282 g/mol. The van der Waals surface area contributed by atoms with E-state index in [1.807, 2.05) is 31.2 Å². The second kappa shape index (κ2) is 4.45. The maximum Gasteiger partial charge on any atom is 0.235 e. The van der Waals surface area contributed by atoms with Gasteiger partial charge in [0.15, 0.2) is 0 Å². The Morgan fingerprint density at radius 2 is 1.81 bits per heavy atom. The van der Waals surface area contributed by atoms with Crippen molar-refractivity contribution in [1.29, 1.82) is 0 Å². The Balaban J connectivity index is 1.50. The highest BCUT2D eigenvalue weighted by Gasteiger charge is 2.59. The first-order valence-electron chi connectivity index (χ1n) is 7.49. The van der Waals surface area contributed by atoms with Crippen molar-refractivity contribution in [2.45, 2.75) is 13.3 Å². The Bertz CT molecular complexity index is 622. The van der Waals surface area contributed by atoms with E-state index in [0.29, 0.717) is 0 Å². The van der Waals surface area contributed by atoms with E-state index in [1.54, 1.807) is 0 Å². The number of fused-ring (bicyclic) bond motifs is 5. The summed E-state index contributed by atoms with van der Waals surface area (Å²) < 4.78 is 0. The molecular formula is C17H18N2O2. The predicted molar refractivity (Wildman–Crippen MR) is 79.2 cm³/mol. The molecule has 1 saturated carbocycles. The number of aryl methyl sites for hydroxylation is 1. The van der Waals surface area contributed by atoms with Gasteiger partial charge in [-0.05, 0) is 42.9 Å². The Morgan fingerprint density at radius 3 is 2.43 bits per heavy atom. The molecule has 108 valence electrons. The van der Waals surface area contributed by atoms with Crippen LogP contribution in [0.15, 0.2) is 36.4 Å². The van der Waals surface area contributed by atoms with Crippen molar-refractivity contribution < 1.29 is 9.59 Å². The molecule has 21 heavy (non-hydrogen) atoms. The van der Waals surface area contributed by atoms with Crippen LogP contribution in [0.1, 0.15) is 12.0 Å². The summed E-state index contributed by atoms with van der Waals surface area (Å²) in [6.07, 6.45) is 5.22. The topological polar surface area (TPSA) is 49.4 Å². The summed E-state index contributed by atoms with van der Waals surface area (Å²) in [4.78, 5) is 26.4. The first-order valence-corrected chi connectivity index (χ1v) is 7.49. The number of anilines is 1. The van der Waals surface area contributed by atoms with Crippen LogP contribution in [0.25, 0.3) is 0 Å². The molecule has 0 aromatic heterocycles. The highest BCUT2D eigenvalue weighted by atomic mass is 16.2. The minimum absolute atomic E-state index is 0.00185. The molecule has 2 bridgehead atoms. The largest absolute Gasteiger partial charge is 0.367 e. The lowest BCUT2D eigenvalue weighted by Crippen LogP contribution is -2.37. The van der Waals surface area contributed by atoms with Gasteiger partial charge in [0.05, 0.1) is 18.5 Å². The number of carbonyl (C=O) groups excluding carboxylic acids is 2. The summed E-state index contributed by atoms with van der Waals surface area (Å²) in [5, 5.41) is 3.19. The molecule has 4 rings (SSSR count). The van der Waals surface area contributed by atoms with Gasteiger partial charge in [-0.3, -0.25) is 14.5 Å². The molecular weight excluding hydrogens is 264 g/mol. The second-order valence-electron chi connectivity index (χ2n) is 6.31. The van der Waals surface area contributed by atoms with Gasteiger partial charge in [-0.1, -0.05) is 24.3 Å². The lowest BCUT2D eigenvalue weighted by atomic mass is 9.85. The molecule has 4 atom stereocenters. The second-order valence-corrected chi connectivity index (χ2v) is 6.31. The van der Waals surface area contributed by atoms with Crippen LogP contribution in [0.3, 0.4) is 0 Å². The number of imide groups is 1. The molecule has 4 nitrogen and oxygen atoms in total. The van der Waals surface area contributed by atoms with Crippen molar-refractivity contribution in [1.82, 2.24) is 4.90 Å². The van der Waals surface area contributed by atoms with E-state index in [0.717, 1.165) is 17.7 Å². The van der Waals surface area contributed by atoms with E-state index in [1.165, 1.54) is 4.90 Å². The minimum Gasteiger partial charge on any atom is -0.367 e. The summed E-state index contributed by atoms with van der Waals surface area (Å²) >= 11 is 0. The van der Waals surface area contributed by atoms with Crippen molar-refractivity contribution >= 4 is 17.5 Å². The predicted octanol–water partition coefficient (Wildman–Crippen LogP) is 2.17. The molecule has 1 aromatic carbocycles. The maximum atomic E-state index is 12.5. The van der Waals surface area contributed by atoms with Gasteiger partial charge in [0.25, 0.3) is 0 Å². The summed E-state index contributed by atoms with van der Waals surface area (Å²) in [6.45, 7) is 2.29. The van der Waals surface area contributed by atoms with E-state index in [-0.39, 0.29) is 42.2 Å². The lowest BCUT2D eigenvalue weighted by Gasteiger charge is -2.18. The molecule has 0 unspecified atom stereocenters. The zero-order valence-corrected chi connectivity index (χ0v) is 12.0. The molecule has 2 fully saturated rings. The number of hydrogen-bond donors (Lipinski definition) is 1. The molecule has 1 heterocycles. The lowest BCUT2D eigenvalue weighted by molar-refractivity contribution is -0.140. The molecule has 1 aliphatic heterocycles. The number of nitrogens with one attached hydrogen (secondary N) is 1. The Kier molecular flexibility index (Phi) is 2.67. The van der Waals surface area contributed by atoms with E-state index >= 15 is 0 Å². The molecule has 2 aliphatic carbocycles. The third-order valence-corrected chi connectivity index (χ3v) is 5.02. The Morgan fingerprint density at radius 1 is 1.14 bits per heavy atom. The van der Waals surface area contributed by atoms with Crippen molar-refractivity contribution in [2.24, 2.45) is 23.7 Å². The highest BCUT2D eigenvalue weighted by Crippen LogP contribution is 2.52. The molecule has 2 amide bonds. The van der Waals surface area contributed by atoms with Crippen molar-refractivity contribution in [2.75, 3.05) is 12.0 Å². The van der Waals surface area contributed by atoms with Gasteiger partial charge >= 0.3 is 0 Å². The molecule has 4 heteroatoms. The zero-order valence-electron chi connectivity index (χ0n) is 12.0. The number of benzene rings is 1. The number of nitrogens with zero attached hydrogens (tertiary/aromatic N) is 1. The van der Waals surface area contributed by atoms with Gasteiger partial charge in [0.2, 0.25) is 11.8 Å². The molecule has 1 saturated heterocycles. The Labute approximate surface area is 123 Å². The van der Waals surface area contributed by atoms with E-state index in [9.17, 15) is 9.59 Å². The number of rotatable bonds is 3. The number of carbonyl (C=O) groups is 2. The van der Waals surface area contributed by atoms with Crippen molar-refractivity contribution in [3.63, 3.8) is 0 Å². The first kappa shape index (κ1) is 12.6. The van der Waals surface area contributed by atoms with Gasteiger partial charge in [-0.15, -0.1) is 0 Å². The van der Waals surface area contributed by atoms with Gasteiger partial charge < -0.3 is 5.32 Å². The van der Waals surface area contributed by atoms with Gasteiger partial charge in [-0.25, -0.2) is 0 Å². The average molecular weight is 282 g/mol. The molecule has 1 N–H and O–H groups in total. The number of amides is 2. The van der Waals surface area contributed by atoms with Gasteiger partial charge in [0.1, 0.15) is 0 Å². The number of likely N-dealkylation sites (tertiary alicyclic amines) is 1. The van der Waals surface area contributed by atoms with Crippen LogP contribution in [0.5, 0.6) is 0 Å². The quantitative estimate of drug-likeness (QED) is 0.683. The van der Waals surface area contributed by atoms with Crippen LogP contribution < -0.4 is 5.32 Å². The van der Waals surface area contributed by atoms with Gasteiger partial charge in [0, 0.05) is 5.69 Å². The van der Waals surface area contributed by atoms with Crippen molar-refractivity contribution in [3.05, 3.63) is 42.0 Å². The van der Waals surface area contributed by atoms with E-state index in [4.69, 9.17) is 0 Å². The molecule has 1 aromatic rings. The fraction of sp³-hybridized carbons (Fsp3) is 0.412. The smallest absolute Gasteiger partial charge is 0.235 e. The fourth-order valence-corrected chi connectivity index (χ4v) is 4.05. The third kappa shape index (κ3) is 1.82. The van der Waals surface area contributed by atoms with Crippen LogP contribution in [-0.4, -0.2) is 23.4 Å². The molecule has 3 aliphatic rings. The SMILES string of the molecule is Cc1cccc(NCN2C(=O)[C@@H]3[C@@H](C2=O)[C@@H]2C=C[C@@H]3C2)c1. The van der Waals surface area contributed by atoms with Crippen LogP contribution in [0.2, 0.25) is 0 Å². The molecule has 0 spiro atoms. The highest BCUT2D eigenvalue weighted by molar-refractivity contribution is 6.06. The fourth-order valence-electron chi connectivity index (χ4n) is 4.05. The third-order valence-electron chi connectivity index (χ3n) is 5.02. The summed E-state index contributed by atoms with van der Waals surface area (Å²) in [6, 6.07) is 7.94. The van der Waals surface area contributed by atoms with Crippen LogP contribution in [-0.2, 0) is 9.59 Å². The first-order chi connectivity index (χ1) is 10.1. The average Bonchev–Trinajstić information content (AvgIpc) is 3.12. The van der Waals surface area contributed by atoms with Crippen LogP contribution in [0, 0.1) is 30.6 Å². The van der Waals surface area contributed by atoms with E-state index in [2.05, 4.69) is 17.5 Å². The van der Waals surface area contributed by atoms with E-state index < -0.39 is 0 Å². The number of hydrogen-bond acceptors (Lipinski definition) is 3. The van der Waals surface area contributed by atoms with Crippen LogP contribution >= 0.6 is 0 Å². The Hall–Kier alpha value is -2.10.